The first-order valence-corrected chi connectivity index (χ1v) is 9.95. The van der Waals surface area contributed by atoms with Crippen LogP contribution < -0.4 is 15.5 Å². The summed E-state index contributed by atoms with van der Waals surface area (Å²) in [6, 6.07) is 16.1. The Morgan fingerprint density at radius 2 is 1.69 bits per heavy atom. The molecule has 0 unspecified atom stereocenters. The van der Waals surface area contributed by atoms with Crippen LogP contribution in [-0.4, -0.2) is 30.8 Å². The van der Waals surface area contributed by atoms with Gasteiger partial charge in [0, 0.05) is 52.1 Å². The highest BCUT2D eigenvalue weighted by atomic mass is 79.9. The van der Waals surface area contributed by atoms with Gasteiger partial charge < -0.3 is 10.6 Å². The van der Waals surface area contributed by atoms with E-state index in [4.69, 9.17) is 0 Å². The zero-order valence-corrected chi connectivity index (χ0v) is 17.2. The number of rotatable bonds is 5. The van der Waals surface area contributed by atoms with Gasteiger partial charge in [-0.25, -0.2) is 4.90 Å². The zero-order chi connectivity index (χ0) is 20.5. The minimum absolute atomic E-state index is 0.0903. The fraction of sp³-hybridized carbons (Fsp3) is 0.136. The molecule has 0 radical (unpaired) electrons. The van der Waals surface area contributed by atoms with E-state index in [2.05, 4.69) is 26.6 Å². The second kappa shape index (κ2) is 7.67. The number of carbonyl (C=O) groups excluding carboxylic acids is 3. The Labute approximate surface area is 176 Å². The predicted octanol–water partition coefficient (Wildman–Crippen LogP) is 3.95. The standard InChI is InChI=1S/C22H18BrN3O3/c1-13(27)24-10-11-25-19-9-8-18-20-16(19)6-3-7-17(20)21(28)26(22(18)29)15-5-2-4-14(23)12-15/h2-9,12,25H,10-11H2,1H3,(H,24,27). The number of anilines is 2. The van der Waals surface area contributed by atoms with E-state index < -0.39 is 0 Å². The Balaban J connectivity index is 1.75. The second-order valence-electron chi connectivity index (χ2n) is 6.72. The van der Waals surface area contributed by atoms with E-state index >= 15 is 0 Å². The Kier molecular flexibility index (Phi) is 5.07. The molecule has 1 heterocycles. The molecule has 0 fully saturated rings. The van der Waals surface area contributed by atoms with Crippen molar-refractivity contribution in [3.63, 3.8) is 0 Å². The number of hydrogen-bond donors (Lipinski definition) is 2. The molecule has 6 nitrogen and oxygen atoms in total. The molecule has 0 saturated carbocycles. The van der Waals surface area contributed by atoms with Gasteiger partial charge >= 0.3 is 0 Å². The van der Waals surface area contributed by atoms with Crippen LogP contribution in [0.1, 0.15) is 27.6 Å². The summed E-state index contributed by atoms with van der Waals surface area (Å²) >= 11 is 3.39. The maximum atomic E-state index is 13.2. The zero-order valence-electron chi connectivity index (χ0n) is 15.7. The fourth-order valence-corrected chi connectivity index (χ4v) is 3.92. The lowest BCUT2D eigenvalue weighted by molar-refractivity contribution is -0.118. The first-order valence-electron chi connectivity index (χ1n) is 9.16. The van der Waals surface area contributed by atoms with Crippen LogP contribution in [-0.2, 0) is 4.79 Å². The molecule has 7 heteroatoms. The molecule has 3 amide bonds. The van der Waals surface area contributed by atoms with Crippen molar-refractivity contribution < 1.29 is 14.4 Å². The smallest absolute Gasteiger partial charge is 0.265 e. The number of nitrogens with one attached hydrogen (secondary N) is 2. The van der Waals surface area contributed by atoms with E-state index in [1.165, 1.54) is 11.8 Å². The minimum Gasteiger partial charge on any atom is -0.383 e. The third-order valence-electron chi connectivity index (χ3n) is 4.79. The largest absolute Gasteiger partial charge is 0.383 e. The summed E-state index contributed by atoms with van der Waals surface area (Å²) in [6.45, 7) is 2.48. The number of nitrogens with zero attached hydrogens (tertiary/aromatic N) is 1. The van der Waals surface area contributed by atoms with Gasteiger partial charge in [-0.05, 0) is 36.4 Å². The van der Waals surface area contributed by atoms with Gasteiger partial charge in [0.25, 0.3) is 11.8 Å². The maximum absolute atomic E-state index is 13.2. The van der Waals surface area contributed by atoms with Crippen molar-refractivity contribution in [2.75, 3.05) is 23.3 Å². The average Bonchev–Trinajstić information content (AvgIpc) is 2.70. The summed E-state index contributed by atoms with van der Waals surface area (Å²) in [6.07, 6.45) is 0. The molecule has 0 spiro atoms. The molecular formula is C22H18BrN3O3. The molecule has 3 aromatic rings. The Morgan fingerprint density at radius 1 is 0.966 bits per heavy atom. The van der Waals surface area contributed by atoms with E-state index in [-0.39, 0.29) is 17.7 Å². The number of hydrogen-bond acceptors (Lipinski definition) is 4. The first kappa shape index (κ1) is 19.1. The molecule has 0 atom stereocenters. The Bertz CT molecular complexity index is 1140. The Morgan fingerprint density at radius 3 is 2.41 bits per heavy atom. The van der Waals surface area contributed by atoms with Crippen molar-refractivity contribution in [2.45, 2.75) is 6.92 Å². The molecule has 1 aliphatic rings. The molecule has 0 saturated heterocycles. The maximum Gasteiger partial charge on any atom is 0.265 e. The van der Waals surface area contributed by atoms with Crippen molar-refractivity contribution >= 4 is 55.8 Å². The number of carbonyl (C=O) groups is 3. The van der Waals surface area contributed by atoms with Crippen molar-refractivity contribution in [1.82, 2.24) is 5.32 Å². The summed E-state index contributed by atoms with van der Waals surface area (Å²) in [4.78, 5) is 38.6. The number of benzene rings is 3. The summed E-state index contributed by atoms with van der Waals surface area (Å²) in [5.41, 5.74) is 2.31. The normalized spacial score (nSPS) is 13.0. The number of halogens is 1. The van der Waals surface area contributed by atoms with E-state index in [0.29, 0.717) is 35.3 Å². The van der Waals surface area contributed by atoms with Gasteiger partial charge in [0.05, 0.1) is 5.69 Å². The van der Waals surface area contributed by atoms with E-state index in [9.17, 15) is 14.4 Å². The van der Waals surface area contributed by atoms with Gasteiger partial charge in [0.15, 0.2) is 0 Å². The molecule has 29 heavy (non-hydrogen) atoms. The minimum atomic E-state index is -0.346. The van der Waals surface area contributed by atoms with E-state index in [1.807, 2.05) is 24.3 Å². The molecule has 0 bridgehead atoms. The van der Waals surface area contributed by atoms with Gasteiger partial charge in [-0.15, -0.1) is 0 Å². The first-order chi connectivity index (χ1) is 14.0. The highest BCUT2D eigenvalue weighted by Crippen LogP contribution is 2.36. The molecule has 0 aromatic heterocycles. The number of amides is 3. The summed E-state index contributed by atoms with van der Waals surface area (Å²) in [5.74, 6) is -0.782. The monoisotopic (exact) mass is 451 g/mol. The van der Waals surface area contributed by atoms with Crippen molar-refractivity contribution in [3.05, 3.63) is 70.2 Å². The van der Waals surface area contributed by atoms with E-state index in [1.54, 1.807) is 30.3 Å². The predicted molar refractivity (Wildman–Crippen MR) is 116 cm³/mol. The lowest BCUT2D eigenvalue weighted by atomic mass is 9.92. The van der Waals surface area contributed by atoms with E-state index in [0.717, 1.165) is 15.5 Å². The van der Waals surface area contributed by atoms with Gasteiger partial charge in [0.1, 0.15) is 0 Å². The molecule has 146 valence electrons. The Hall–Kier alpha value is -3.19. The van der Waals surface area contributed by atoms with Gasteiger partial charge in [-0.1, -0.05) is 34.1 Å². The number of imide groups is 1. The molecule has 2 N–H and O–H groups in total. The molecular weight excluding hydrogens is 434 g/mol. The van der Waals surface area contributed by atoms with Crippen LogP contribution in [0.15, 0.2) is 59.1 Å². The van der Waals surface area contributed by atoms with Gasteiger partial charge in [-0.3, -0.25) is 14.4 Å². The van der Waals surface area contributed by atoms with Crippen LogP contribution >= 0.6 is 15.9 Å². The van der Waals surface area contributed by atoms with Crippen LogP contribution in [0.25, 0.3) is 10.8 Å². The highest BCUT2D eigenvalue weighted by molar-refractivity contribution is 9.10. The second-order valence-corrected chi connectivity index (χ2v) is 7.64. The third kappa shape index (κ3) is 3.49. The average molecular weight is 452 g/mol. The molecule has 3 aromatic carbocycles. The lowest BCUT2D eigenvalue weighted by Gasteiger charge is -2.28. The molecule has 0 aliphatic carbocycles. The highest BCUT2D eigenvalue weighted by Gasteiger charge is 2.34. The SMILES string of the molecule is CC(=O)NCCNc1ccc2c3c(cccc13)C(=O)N(c1cccc(Br)c1)C2=O. The van der Waals surface area contributed by atoms with Crippen LogP contribution in [0.4, 0.5) is 11.4 Å². The topological polar surface area (TPSA) is 78.5 Å². The summed E-state index contributed by atoms with van der Waals surface area (Å²) in [5, 5.41) is 7.46. The van der Waals surface area contributed by atoms with Gasteiger partial charge in [0.2, 0.25) is 5.91 Å². The third-order valence-corrected chi connectivity index (χ3v) is 5.28. The van der Waals surface area contributed by atoms with Crippen molar-refractivity contribution in [2.24, 2.45) is 0 Å². The van der Waals surface area contributed by atoms with Crippen LogP contribution in [0.3, 0.4) is 0 Å². The van der Waals surface area contributed by atoms with Gasteiger partial charge in [-0.2, -0.15) is 0 Å². The summed E-state index contributed by atoms with van der Waals surface area (Å²) < 4.78 is 0.790. The summed E-state index contributed by atoms with van der Waals surface area (Å²) in [7, 11) is 0. The van der Waals surface area contributed by atoms with Crippen molar-refractivity contribution in [3.8, 4) is 0 Å². The fourth-order valence-electron chi connectivity index (χ4n) is 3.54. The van der Waals surface area contributed by atoms with Crippen LogP contribution in [0.2, 0.25) is 0 Å². The van der Waals surface area contributed by atoms with Crippen LogP contribution in [0.5, 0.6) is 0 Å². The molecule has 4 rings (SSSR count). The molecule has 1 aliphatic heterocycles. The lowest BCUT2D eigenvalue weighted by Crippen LogP contribution is -2.40. The van der Waals surface area contributed by atoms with Crippen LogP contribution in [0, 0.1) is 0 Å². The van der Waals surface area contributed by atoms with Crippen molar-refractivity contribution in [1.29, 1.82) is 0 Å². The quantitative estimate of drug-likeness (QED) is 0.454.